The van der Waals surface area contributed by atoms with Crippen LogP contribution in [0.5, 0.6) is 0 Å². The first kappa shape index (κ1) is 18.3. The van der Waals surface area contributed by atoms with E-state index in [0.29, 0.717) is 6.04 Å². The van der Waals surface area contributed by atoms with E-state index in [9.17, 15) is 0 Å². The van der Waals surface area contributed by atoms with Crippen molar-refractivity contribution in [1.82, 2.24) is 10.3 Å². The molecule has 4 heteroatoms. The van der Waals surface area contributed by atoms with Crippen molar-refractivity contribution in [3.8, 4) is 0 Å². The van der Waals surface area contributed by atoms with Crippen molar-refractivity contribution in [3.05, 3.63) is 23.4 Å². The van der Waals surface area contributed by atoms with Crippen LogP contribution in [0.1, 0.15) is 44.9 Å². The van der Waals surface area contributed by atoms with Crippen LogP contribution in [0.2, 0.25) is 0 Å². The van der Waals surface area contributed by atoms with Gasteiger partial charge in [-0.2, -0.15) is 11.8 Å². The number of nitrogens with one attached hydrogen (secondary N) is 1. The second-order valence-corrected chi connectivity index (χ2v) is 6.39. The van der Waals surface area contributed by atoms with E-state index in [1.165, 1.54) is 17.7 Å². The zero-order chi connectivity index (χ0) is 15.7. The molecule has 1 rings (SSSR count). The molecule has 1 aromatic heterocycles. The number of hydrogen-bond acceptors (Lipinski definition) is 4. The van der Waals surface area contributed by atoms with E-state index in [1.807, 2.05) is 11.8 Å². The van der Waals surface area contributed by atoms with E-state index in [-0.39, 0.29) is 0 Å². The Morgan fingerprint density at radius 2 is 2.05 bits per heavy atom. The van der Waals surface area contributed by atoms with E-state index in [2.05, 4.69) is 56.4 Å². The summed E-state index contributed by atoms with van der Waals surface area (Å²) in [5.41, 5.74) is 2.53. The molecule has 1 aromatic rings. The van der Waals surface area contributed by atoms with Crippen LogP contribution in [0, 0.1) is 0 Å². The number of nitrogens with zero attached hydrogens (tertiary/aromatic N) is 2. The third-order valence-corrected chi connectivity index (χ3v) is 4.50. The maximum atomic E-state index is 4.82. The van der Waals surface area contributed by atoms with E-state index >= 15 is 0 Å². The number of thioether (sulfide) groups is 1. The van der Waals surface area contributed by atoms with Gasteiger partial charge in [-0.25, -0.2) is 4.98 Å². The standard InChI is InChI=1S/C17H31N3S/c1-6-9-18-12-14-10-15(7-2)19-17(11-14)20(4)16(8-3)13-21-5/h10-11,16,18H,6-9,12-13H2,1-5H3. The van der Waals surface area contributed by atoms with Crippen LogP contribution in [0.25, 0.3) is 0 Å². The molecule has 1 heterocycles. The second kappa shape index (κ2) is 10.1. The first-order valence-electron chi connectivity index (χ1n) is 8.08. The summed E-state index contributed by atoms with van der Waals surface area (Å²) in [6, 6.07) is 5.02. The number of pyridine rings is 1. The van der Waals surface area contributed by atoms with Gasteiger partial charge in [-0.05, 0) is 49.8 Å². The molecule has 0 radical (unpaired) electrons. The number of hydrogen-bond donors (Lipinski definition) is 1. The highest BCUT2D eigenvalue weighted by molar-refractivity contribution is 7.98. The minimum Gasteiger partial charge on any atom is -0.356 e. The van der Waals surface area contributed by atoms with E-state index in [0.717, 1.165) is 37.5 Å². The maximum absolute atomic E-state index is 4.82. The number of rotatable bonds is 10. The molecule has 1 atom stereocenters. The SMILES string of the molecule is CCCNCc1cc(CC)nc(N(C)C(CC)CSC)c1. The minimum absolute atomic E-state index is 0.552. The Bertz CT molecular complexity index is 409. The number of anilines is 1. The molecule has 0 bridgehead atoms. The molecule has 0 aliphatic rings. The molecule has 0 aliphatic heterocycles. The summed E-state index contributed by atoms with van der Waals surface area (Å²) in [7, 11) is 2.18. The fourth-order valence-electron chi connectivity index (χ4n) is 2.39. The Labute approximate surface area is 134 Å². The normalized spacial score (nSPS) is 12.4. The highest BCUT2D eigenvalue weighted by atomic mass is 32.2. The fraction of sp³-hybridized carbons (Fsp3) is 0.706. The van der Waals surface area contributed by atoms with Crippen LogP contribution in [0.15, 0.2) is 12.1 Å². The maximum Gasteiger partial charge on any atom is 0.129 e. The predicted molar refractivity (Wildman–Crippen MR) is 96.5 cm³/mol. The Morgan fingerprint density at radius 1 is 1.29 bits per heavy atom. The molecule has 21 heavy (non-hydrogen) atoms. The summed E-state index contributed by atoms with van der Waals surface area (Å²) < 4.78 is 0. The van der Waals surface area contributed by atoms with Crippen LogP contribution in [0.4, 0.5) is 5.82 Å². The van der Waals surface area contributed by atoms with Crippen molar-refractivity contribution in [2.75, 3.05) is 30.5 Å². The third-order valence-electron chi connectivity index (χ3n) is 3.78. The molecule has 0 fully saturated rings. The largest absolute Gasteiger partial charge is 0.356 e. The molecular formula is C17H31N3S. The topological polar surface area (TPSA) is 28.2 Å². The van der Waals surface area contributed by atoms with Gasteiger partial charge in [0.05, 0.1) is 0 Å². The summed E-state index contributed by atoms with van der Waals surface area (Å²) in [6.45, 7) is 8.63. The van der Waals surface area contributed by atoms with Gasteiger partial charge in [0.25, 0.3) is 0 Å². The summed E-state index contributed by atoms with van der Waals surface area (Å²) in [4.78, 5) is 7.17. The highest BCUT2D eigenvalue weighted by Crippen LogP contribution is 2.19. The monoisotopic (exact) mass is 309 g/mol. The zero-order valence-electron chi connectivity index (χ0n) is 14.3. The van der Waals surface area contributed by atoms with E-state index in [1.54, 1.807) is 0 Å². The van der Waals surface area contributed by atoms with Crippen LogP contribution in [0.3, 0.4) is 0 Å². The van der Waals surface area contributed by atoms with Gasteiger partial charge in [-0.1, -0.05) is 20.8 Å². The highest BCUT2D eigenvalue weighted by Gasteiger charge is 2.15. The number of aromatic nitrogens is 1. The lowest BCUT2D eigenvalue weighted by Gasteiger charge is -2.28. The van der Waals surface area contributed by atoms with Gasteiger partial charge < -0.3 is 10.2 Å². The lowest BCUT2D eigenvalue weighted by Crippen LogP contribution is -2.34. The summed E-state index contributed by atoms with van der Waals surface area (Å²) in [5, 5.41) is 3.49. The van der Waals surface area contributed by atoms with Crippen molar-refractivity contribution >= 4 is 17.6 Å². The fourth-order valence-corrected chi connectivity index (χ4v) is 3.23. The molecule has 1 unspecified atom stereocenters. The first-order chi connectivity index (χ1) is 10.2. The minimum atomic E-state index is 0.552. The van der Waals surface area contributed by atoms with Crippen LogP contribution < -0.4 is 10.2 Å². The summed E-state index contributed by atoms with van der Waals surface area (Å²) in [6.07, 6.45) is 5.48. The predicted octanol–water partition coefficient (Wildman–Crippen LogP) is 3.72. The molecule has 0 saturated heterocycles. The number of aryl methyl sites for hydroxylation is 1. The summed E-state index contributed by atoms with van der Waals surface area (Å²) in [5.74, 6) is 2.26. The smallest absolute Gasteiger partial charge is 0.129 e. The van der Waals surface area contributed by atoms with Crippen LogP contribution >= 0.6 is 11.8 Å². The van der Waals surface area contributed by atoms with Crippen LogP contribution in [-0.4, -0.2) is 36.6 Å². The molecule has 0 aliphatic carbocycles. The van der Waals surface area contributed by atoms with Gasteiger partial charge in [-0.15, -0.1) is 0 Å². The van der Waals surface area contributed by atoms with Gasteiger partial charge in [0.2, 0.25) is 0 Å². The Kier molecular flexibility index (Phi) is 8.77. The lowest BCUT2D eigenvalue weighted by atomic mass is 10.1. The lowest BCUT2D eigenvalue weighted by molar-refractivity contribution is 0.657. The molecule has 0 saturated carbocycles. The van der Waals surface area contributed by atoms with E-state index in [4.69, 9.17) is 4.98 Å². The van der Waals surface area contributed by atoms with Gasteiger partial charge in [0.15, 0.2) is 0 Å². The molecule has 0 aromatic carbocycles. The average molecular weight is 310 g/mol. The molecule has 3 nitrogen and oxygen atoms in total. The van der Waals surface area contributed by atoms with Gasteiger partial charge >= 0.3 is 0 Å². The third kappa shape index (κ3) is 5.87. The average Bonchev–Trinajstić information content (AvgIpc) is 2.51. The van der Waals surface area contributed by atoms with Crippen molar-refractivity contribution in [1.29, 1.82) is 0 Å². The van der Waals surface area contributed by atoms with E-state index < -0.39 is 0 Å². The van der Waals surface area contributed by atoms with Crippen molar-refractivity contribution < 1.29 is 0 Å². The van der Waals surface area contributed by atoms with Crippen molar-refractivity contribution in [3.63, 3.8) is 0 Å². The van der Waals surface area contributed by atoms with Gasteiger partial charge in [-0.3, -0.25) is 0 Å². The quantitative estimate of drug-likeness (QED) is 0.667. The van der Waals surface area contributed by atoms with Crippen molar-refractivity contribution in [2.24, 2.45) is 0 Å². The van der Waals surface area contributed by atoms with Crippen molar-refractivity contribution in [2.45, 2.75) is 52.6 Å². The van der Waals surface area contributed by atoms with Crippen LogP contribution in [-0.2, 0) is 13.0 Å². The molecule has 1 N–H and O–H groups in total. The Balaban J connectivity index is 2.90. The second-order valence-electron chi connectivity index (χ2n) is 5.48. The first-order valence-corrected chi connectivity index (χ1v) is 9.47. The zero-order valence-corrected chi connectivity index (χ0v) is 15.1. The summed E-state index contributed by atoms with van der Waals surface area (Å²) >= 11 is 1.91. The van der Waals surface area contributed by atoms with Gasteiger partial charge in [0, 0.05) is 31.1 Å². The van der Waals surface area contributed by atoms with Gasteiger partial charge in [0.1, 0.15) is 5.82 Å². The Morgan fingerprint density at radius 3 is 2.62 bits per heavy atom. The Hall–Kier alpha value is -0.740. The molecule has 0 amide bonds. The molecular weight excluding hydrogens is 278 g/mol. The molecule has 120 valence electrons. The molecule has 0 spiro atoms.